The number of aryl methyl sites for hydroxylation is 1. The molecule has 0 spiro atoms. The molecule has 1 amide bonds. The molecule has 8 heteroatoms. The molecule has 0 N–H and O–H groups in total. The third kappa shape index (κ3) is 3.54. The Morgan fingerprint density at radius 2 is 1.71 bits per heavy atom. The van der Waals surface area contributed by atoms with Crippen molar-refractivity contribution >= 4 is 33.4 Å². The van der Waals surface area contributed by atoms with Crippen LogP contribution in [0.4, 0.5) is 10.1 Å². The molecule has 3 aromatic carbocycles. The van der Waals surface area contributed by atoms with Crippen LogP contribution in [0.2, 0.25) is 0 Å². The lowest BCUT2D eigenvalue weighted by Crippen LogP contribution is -2.35. The van der Waals surface area contributed by atoms with E-state index in [1.54, 1.807) is 68.1 Å². The van der Waals surface area contributed by atoms with Crippen LogP contribution in [0.5, 0.6) is 5.75 Å². The van der Waals surface area contributed by atoms with E-state index in [0.717, 1.165) is 10.9 Å². The van der Waals surface area contributed by atoms with Gasteiger partial charge in [-0.1, -0.05) is 30.3 Å². The lowest BCUT2D eigenvalue weighted by Gasteiger charge is -2.22. The fraction of sp³-hybridized carbons (Fsp3) is 0.148. The summed E-state index contributed by atoms with van der Waals surface area (Å²) in [6.07, 6.45) is 0. The molecule has 7 nitrogen and oxygen atoms in total. The fourth-order valence-corrected chi connectivity index (χ4v) is 4.45. The second-order valence-electron chi connectivity index (χ2n) is 8.06. The van der Waals surface area contributed by atoms with Gasteiger partial charge in [-0.15, -0.1) is 0 Å². The molecule has 0 saturated heterocycles. The summed E-state index contributed by atoms with van der Waals surface area (Å²) in [6.45, 7) is 1.99. The number of methoxy groups -OCH3 is 1. The van der Waals surface area contributed by atoms with Crippen molar-refractivity contribution in [2.45, 2.75) is 6.92 Å². The van der Waals surface area contributed by atoms with E-state index in [1.807, 2.05) is 24.3 Å². The van der Waals surface area contributed by atoms with Gasteiger partial charge in [0.2, 0.25) is 0 Å². The van der Waals surface area contributed by atoms with E-state index in [9.17, 15) is 14.0 Å². The zero-order valence-corrected chi connectivity index (χ0v) is 19.5. The Bertz CT molecular complexity index is 1640. The predicted octanol–water partition coefficient (Wildman–Crippen LogP) is 4.69. The average Bonchev–Trinajstić information content (AvgIpc) is 3.19. The summed E-state index contributed by atoms with van der Waals surface area (Å²) in [5.74, 6) is -0.387. The maximum Gasteiger partial charge on any atom is 0.296 e. The molecule has 5 aromatic rings. The lowest BCUT2D eigenvalue weighted by atomic mass is 10.1. The normalized spacial score (nSPS) is 11.2. The molecule has 5 rings (SSSR count). The molecule has 0 radical (unpaired) electrons. The van der Waals surface area contributed by atoms with Gasteiger partial charge in [0.1, 0.15) is 17.1 Å². The van der Waals surface area contributed by atoms with Crippen LogP contribution in [-0.2, 0) is 7.05 Å². The molecule has 0 saturated carbocycles. The Hall–Kier alpha value is -4.46. The van der Waals surface area contributed by atoms with Crippen LogP contribution in [0.15, 0.2) is 77.6 Å². The van der Waals surface area contributed by atoms with E-state index in [4.69, 9.17) is 4.74 Å². The maximum absolute atomic E-state index is 14.7. The number of para-hydroxylation sites is 2. The highest BCUT2D eigenvalue weighted by Crippen LogP contribution is 2.30. The van der Waals surface area contributed by atoms with Crippen molar-refractivity contribution in [3.63, 3.8) is 0 Å². The molecule has 2 heterocycles. The smallest absolute Gasteiger partial charge is 0.296 e. The monoisotopic (exact) mass is 470 g/mol. The summed E-state index contributed by atoms with van der Waals surface area (Å²) >= 11 is 0. The van der Waals surface area contributed by atoms with Crippen molar-refractivity contribution < 1.29 is 13.9 Å². The molecule has 176 valence electrons. The minimum Gasteiger partial charge on any atom is -0.497 e. The first-order valence-corrected chi connectivity index (χ1v) is 11.2. The molecule has 2 aromatic heterocycles. The lowest BCUT2D eigenvalue weighted by molar-refractivity contribution is 0.0983. The number of ether oxygens (including phenoxy) is 1. The summed E-state index contributed by atoms with van der Waals surface area (Å²) in [6, 6.07) is 20.4. The summed E-state index contributed by atoms with van der Waals surface area (Å²) in [5, 5.41) is 5.72. The van der Waals surface area contributed by atoms with Crippen molar-refractivity contribution in [1.82, 2.24) is 14.3 Å². The number of amides is 1. The Morgan fingerprint density at radius 1 is 1.03 bits per heavy atom. The standard InChI is InChI=1S/C27H23FN4O3/c1-4-31(22-12-8-6-10-20(22)28)26(33)24-23-19-9-5-7-11-21(19)30(2)25(23)27(34)32(29-24)17-13-15-18(35-3)16-14-17/h5-16H,4H2,1-3H3. The van der Waals surface area contributed by atoms with Gasteiger partial charge in [-0.25, -0.2) is 4.39 Å². The van der Waals surface area contributed by atoms with E-state index in [1.165, 1.54) is 15.6 Å². The van der Waals surface area contributed by atoms with E-state index in [2.05, 4.69) is 5.10 Å². The van der Waals surface area contributed by atoms with E-state index < -0.39 is 11.7 Å². The van der Waals surface area contributed by atoms with Crippen molar-refractivity contribution in [2.75, 3.05) is 18.6 Å². The molecule has 0 fully saturated rings. The van der Waals surface area contributed by atoms with Gasteiger partial charge in [0, 0.05) is 29.9 Å². The first kappa shape index (κ1) is 22.3. The van der Waals surface area contributed by atoms with Crippen LogP contribution in [0, 0.1) is 5.82 Å². The van der Waals surface area contributed by atoms with E-state index >= 15 is 0 Å². The van der Waals surface area contributed by atoms with Crippen LogP contribution in [0.3, 0.4) is 0 Å². The van der Waals surface area contributed by atoms with Crippen molar-refractivity contribution in [3.05, 3.63) is 94.7 Å². The SMILES string of the molecule is CCN(C(=O)c1nn(-c2ccc(OC)cc2)c(=O)c2c1c1ccccc1n2C)c1ccccc1F. The summed E-state index contributed by atoms with van der Waals surface area (Å²) in [5.41, 5.74) is 1.46. The average molecular weight is 471 g/mol. The predicted molar refractivity (Wildman–Crippen MR) is 134 cm³/mol. The van der Waals surface area contributed by atoms with Gasteiger partial charge in [-0.05, 0) is 49.4 Å². The fourth-order valence-electron chi connectivity index (χ4n) is 4.45. The van der Waals surface area contributed by atoms with Crippen LogP contribution in [0.1, 0.15) is 17.4 Å². The Morgan fingerprint density at radius 3 is 2.40 bits per heavy atom. The van der Waals surface area contributed by atoms with Gasteiger partial charge in [0.15, 0.2) is 5.69 Å². The first-order chi connectivity index (χ1) is 17.0. The van der Waals surface area contributed by atoms with Gasteiger partial charge in [-0.2, -0.15) is 9.78 Å². The highest BCUT2D eigenvalue weighted by molar-refractivity contribution is 6.20. The van der Waals surface area contributed by atoms with Crippen molar-refractivity contribution in [3.8, 4) is 11.4 Å². The van der Waals surface area contributed by atoms with E-state index in [0.29, 0.717) is 22.3 Å². The molecule has 0 aliphatic rings. The van der Waals surface area contributed by atoms with Gasteiger partial charge >= 0.3 is 0 Å². The molecule has 0 aliphatic carbocycles. The number of nitrogens with zero attached hydrogens (tertiary/aromatic N) is 4. The number of aromatic nitrogens is 3. The Labute approximate surface area is 200 Å². The number of anilines is 1. The quantitative estimate of drug-likeness (QED) is 0.374. The molecule has 0 atom stereocenters. The number of fused-ring (bicyclic) bond motifs is 3. The minimum atomic E-state index is -0.514. The largest absolute Gasteiger partial charge is 0.497 e. The summed E-state index contributed by atoms with van der Waals surface area (Å²) < 4.78 is 22.9. The molecule has 0 aliphatic heterocycles. The zero-order valence-electron chi connectivity index (χ0n) is 19.5. The Balaban J connectivity index is 1.84. The number of halogens is 1. The minimum absolute atomic E-state index is 0.0670. The number of carbonyl (C=O) groups excluding carboxylic acids is 1. The highest BCUT2D eigenvalue weighted by atomic mass is 19.1. The number of hydrogen-bond acceptors (Lipinski definition) is 4. The van der Waals surface area contributed by atoms with Gasteiger partial charge in [0.05, 0.1) is 18.5 Å². The number of benzene rings is 3. The van der Waals surface area contributed by atoms with Gasteiger partial charge in [0.25, 0.3) is 11.5 Å². The Kier molecular flexibility index (Phi) is 5.56. The summed E-state index contributed by atoms with van der Waals surface area (Å²) in [4.78, 5) is 29.0. The number of rotatable bonds is 5. The molecule has 0 unspecified atom stereocenters. The van der Waals surface area contributed by atoms with Crippen LogP contribution < -0.4 is 15.2 Å². The van der Waals surface area contributed by atoms with Crippen molar-refractivity contribution in [2.24, 2.45) is 7.05 Å². The molecular weight excluding hydrogens is 447 g/mol. The van der Waals surface area contributed by atoms with Crippen LogP contribution >= 0.6 is 0 Å². The second-order valence-corrected chi connectivity index (χ2v) is 8.06. The molecule has 35 heavy (non-hydrogen) atoms. The number of carbonyl (C=O) groups is 1. The third-order valence-electron chi connectivity index (χ3n) is 6.16. The number of hydrogen-bond donors (Lipinski definition) is 0. The highest BCUT2D eigenvalue weighted by Gasteiger charge is 2.27. The first-order valence-electron chi connectivity index (χ1n) is 11.2. The second kappa shape index (κ2) is 8.72. The summed E-state index contributed by atoms with van der Waals surface area (Å²) in [7, 11) is 3.34. The van der Waals surface area contributed by atoms with Crippen LogP contribution in [0.25, 0.3) is 27.5 Å². The third-order valence-corrected chi connectivity index (χ3v) is 6.16. The maximum atomic E-state index is 14.7. The van der Waals surface area contributed by atoms with Gasteiger partial charge < -0.3 is 14.2 Å². The zero-order chi connectivity index (χ0) is 24.7. The molecule has 0 bridgehead atoms. The van der Waals surface area contributed by atoms with Gasteiger partial charge in [-0.3, -0.25) is 9.59 Å². The van der Waals surface area contributed by atoms with Crippen molar-refractivity contribution in [1.29, 1.82) is 0 Å². The topological polar surface area (TPSA) is 69.4 Å². The van der Waals surface area contributed by atoms with E-state index in [-0.39, 0.29) is 23.5 Å². The van der Waals surface area contributed by atoms with Crippen LogP contribution in [-0.4, -0.2) is 33.9 Å². The molecular formula is C27H23FN4O3.